The van der Waals surface area contributed by atoms with Gasteiger partial charge in [-0.25, -0.2) is 9.69 Å². The van der Waals surface area contributed by atoms with Crippen LogP contribution < -0.4 is 0 Å². The van der Waals surface area contributed by atoms with Crippen LogP contribution in [-0.2, 0) is 18.8 Å². The molecular formula is C16H28BNO5. The van der Waals surface area contributed by atoms with Gasteiger partial charge in [0.2, 0.25) is 5.91 Å². The Balaban J connectivity index is 2.13. The maximum atomic E-state index is 12.8. The molecule has 0 aromatic rings. The highest BCUT2D eigenvalue weighted by atomic mass is 16.7. The summed E-state index contributed by atoms with van der Waals surface area (Å²) in [6.07, 6.45) is -0.576. The molecule has 0 aromatic carbocycles. The summed E-state index contributed by atoms with van der Waals surface area (Å²) >= 11 is 0. The first-order valence-electron chi connectivity index (χ1n) is 8.17. The topological polar surface area (TPSA) is 65.1 Å². The van der Waals surface area contributed by atoms with Crippen LogP contribution >= 0.6 is 0 Å². The van der Waals surface area contributed by atoms with E-state index in [4.69, 9.17) is 14.0 Å². The number of nitrogens with zero attached hydrogens (tertiary/aromatic N) is 1. The number of hydrogen-bond acceptors (Lipinski definition) is 5. The van der Waals surface area contributed by atoms with Gasteiger partial charge in [-0.1, -0.05) is 13.8 Å². The third kappa shape index (κ3) is 3.01. The zero-order valence-electron chi connectivity index (χ0n) is 15.4. The molecule has 0 radical (unpaired) electrons. The molecule has 0 aliphatic carbocycles. The lowest BCUT2D eigenvalue weighted by molar-refractivity contribution is -0.134. The molecule has 0 spiro atoms. The van der Waals surface area contributed by atoms with Gasteiger partial charge in [-0.3, -0.25) is 4.79 Å². The largest absolute Gasteiger partial charge is 0.461 e. The van der Waals surface area contributed by atoms with Crippen molar-refractivity contribution < 1.29 is 23.6 Å². The van der Waals surface area contributed by atoms with Gasteiger partial charge >= 0.3 is 13.2 Å². The quantitative estimate of drug-likeness (QED) is 0.747. The minimum Gasteiger partial charge on any atom is -0.447 e. The van der Waals surface area contributed by atoms with E-state index in [1.807, 2.05) is 48.5 Å². The Bertz CT molecular complexity index is 501. The SMILES string of the molecule is C[C@@H](B1OC(C)(C)C(C)(C)O1)[C@@H](C)C(=O)N1C(=O)OCC1(C)C. The molecule has 0 saturated carbocycles. The lowest BCUT2D eigenvalue weighted by Crippen LogP contribution is -2.49. The van der Waals surface area contributed by atoms with Gasteiger partial charge in [0.1, 0.15) is 6.61 Å². The highest BCUT2D eigenvalue weighted by Gasteiger charge is 2.55. The second-order valence-corrected chi connectivity index (χ2v) is 8.31. The van der Waals surface area contributed by atoms with Gasteiger partial charge in [-0.05, 0) is 41.5 Å². The Morgan fingerprint density at radius 2 is 1.57 bits per heavy atom. The first kappa shape index (κ1) is 18.3. The van der Waals surface area contributed by atoms with Crippen LogP contribution in [0.25, 0.3) is 0 Å². The number of amides is 2. The number of cyclic esters (lactones) is 1. The second-order valence-electron chi connectivity index (χ2n) is 8.31. The predicted molar refractivity (Wildman–Crippen MR) is 86.9 cm³/mol. The summed E-state index contributed by atoms with van der Waals surface area (Å²) in [5.74, 6) is -0.859. The fourth-order valence-corrected chi connectivity index (χ4v) is 2.77. The molecule has 2 heterocycles. The van der Waals surface area contributed by atoms with E-state index < -0.39 is 35.9 Å². The van der Waals surface area contributed by atoms with Gasteiger partial charge in [0.25, 0.3) is 0 Å². The van der Waals surface area contributed by atoms with E-state index in [2.05, 4.69) is 0 Å². The third-order valence-corrected chi connectivity index (χ3v) is 5.44. The van der Waals surface area contributed by atoms with E-state index in [1.54, 1.807) is 6.92 Å². The Morgan fingerprint density at radius 1 is 1.09 bits per heavy atom. The van der Waals surface area contributed by atoms with Crippen LogP contribution in [0.15, 0.2) is 0 Å². The Hall–Kier alpha value is -1.08. The molecule has 23 heavy (non-hydrogen) atoms. The summed E-state index contributed by atoms with van der Waals surface area (Å²) in [6.45, 7) is 15.5. The van der Waals surface area contributed by atoms with Crippen LogP contribution in [-0.4, -0.2) is 47.4 Å². The molecule has 7 heteroatoms. The predicted octanol–water partition coefficient (Wildman–Crippen LogP) is 2.86. The molecule has 130 valence electrons. The smallest absolute Gasteiger partial charge is 0.447 e. The average Bonchev–Trinajstić information content (AvgIpc) is 2.80. The summed E-state index contributed by atoms with van der Waals surface area (Å²) in [6, 6.07) is 0. The zero-order chi connectivity index (χ0) is 17.8. The highest BCUT2D eigenvalue weighted by molar-refractivity contribution is 6.48. The molecular weight excluding hydrogens is 297 g/mol. The summed E-state index contributed by atoms with van der Waals surface area (Å²) < 4.78 is 17.1. The van der Waals surface area contributed by atoms with Crippen molar-refractivity contribution in [3.8, 4) is 0 Å². The molecule has 0 N–H and O–H groups in total. The Kier molecular flexibility index (Phi) is 4.35. The normalized spacial score (nSPS) is 27.7. The van der Waals surface area contributed by atoms with Crippen LogP contribution in [0.1, 0.15) is 55.4 Å². The average molecular weight is 325 g/mol. The number of rotatable bonds is 3. The first-order chi connectivity index (χ1) is 10.3. The molecule has 2 atom stereocenters. The van der Waals surface area contributed by atoms with Crippen LogP contribution in [0.5, 0.6) is 0 Å². The van der Waals surface area contributed by atoms with Crippen LogP contribution in [0.2, 0.25) is 5.82 Å². The maximum Gasteiger partial charge on any atom is 0.461 e. The van der Waals surface area contributed by atoms with Crippen molar-refractivity contribution in [1.29, 1.82) is 0 Å². The first-order valence-corrected chi connectivity index (χ1v) is 8.17. The minimum absolute atomic E-state index is 0.187. The van der Waals surface area contributed by atoms with Crippen molar-refractivity contribution in [1.82, 2.24) is 4.90 Å². The van der Waals surface area contributed by atoms with Gasteiger partial charge in [0.05, 0.1) is 16.7 Å². The molecule has 6 nitrogen and oxygen atoms in total. The standard InChI is InChI=1S/C16H28BNO5/c1-10(12(19)18-13(20)21-9-14(18,3)4)11(2)17-22-15(5,6)16(7,8)23-17/h10-11H,9H2,1-8H3/t10-,11-/m1/s1. The Morgan fingerprint density at radius 3 is 1.96 bits per heavy atom. The maximum absolute atomic E-state index is 12.8. The zero-order valence-corrected chi connectivity index (χ0v) is 15.4. The second kappa shape index (κ2) is 5.48. The molecule has 2 rings (SSSR count). The van der Waals surface area contributed by atoms with Gasteiger partial charge in [-0.15, -0.1) is 0 Å². The number of hydrogen-bond donors (Lipinski definition) is 0. The molecule has 0 bridgehead atoms. The number of ether oxygens (including phenoxy) is 1. The van der Waals surface area contributed by atoms with Crippen molar-refractivity contribution >= 4 is 19.1 Å². The third-order valence-electron chi connectivity index (χ3n) is 5.44. The highest BCUT2D eigenvalue weighted by Crippen LogP contribution is 2.42. The summed E-state index contributed by atoms with van der Waals surface area (Å²) in [5.41, 5.74) is -1.51. The molecule has 2 aliphatic rings. The van der Waals surface area contributed by atoms with Crippen molar-refractivity contribution in [2.24, 2.45) is 5.92 Å². The number of imide groups is 1. The lowest BCUT2D eigenvalue weighted by Gasteiger charge is -2.32. The van der Waals surface area contributed by atoms with Gasteiger partial charge in [-0.2, -0.15) is 0 Å². The molecule has 0 unspecified atom stereocenters. The fraction of sp³-hybridized carbons (Fsp3) is 0.875. The summed E-state index contributed by atoms with van der Waals surface area (Å²) in [7, 11) is -0.485. The molecule has 2 fully saturated rings. The van der Waals surface area contributed by atoms with E-state index >= 15 is 0 Å². The van der Waals surface area contributed by atoms with Crippen LogP contribution in [0, 0.1) is 5.92 Å². The van der Waals surface area contributed by atoms with Crippen molar-refractivity contribution in [2.45, 2.75) is 77.9 Å². The van der Waals surface area contributed by atoms with E-state index in [9.17, 15) is 9.59 Å². The molecule has 2 aliphatic heterocycles. The fourth-order valence-electron chi connectivity index (χ4n) is 2.77. The van der Waals surface area contributed by atoms with E-state index in [0.717, 1.165) is 0 Å². The van der Waals surface area contributed by atoms with Crippen LogP contribution in [0.4, 0.5) is 4.79 Å². The van der Waals surface area contributed by atoms with Crippen molar-refractivity contribution in [2.75, 3.05) is 6.61 Å². The van der Waals surface area contributed by atoms with E-state index in [-0.39, 0.29) is 18.3 Å². The molecule has 2 saturated heterocycles. The molecule has 0 aromatic heterocycles. The van der Waals surface area contributed by atoms with Gasteiger partial charge in [0, 0.05) is 11.7 Å². The number of carbonyl (C=O) groups is 2. The Labute approximate surface area is 139 Å². The van der Waals surface area contributed by atoms with Crippen molar-refractivity contribution in [3.05, 3.63) is 0 Å². The summed E-state index contributed by atoms with van der Waals surface area (Å²) in [5, 5.41) is 0. The number of carbonyl (C=O) groups excluding carboxylic acids is 2. The van der Waals surface area contributed by atoms with Gasteiger partial charge in [0.15, 0.2) is 0 Å². The summed E-state index contributed by atoms with van der Waals surface area (Å²) in [4.78, 5) is 25.9. The lowest BCUT2D eigenvalue weighted by atomic mass is 9.66. The van der Waals surface area contributed by atoms with Gasteiger partial charge < -0.3 is 14.0 Å². The molecule has 2 amide bonds. The van der Waals surface area contributed by atoms with Crippen LogP contribution in [0.3, 0.4) is 0 Å². The monoisotopic (exact) mass is 325 g/mol. The van der Waals surface area contributed by atoms with E-state index in [1.165, 1.54) is 4.90 Å². The van der Waals surface area contributed by atoms with E-state index in [0.29, 0.717) is 0 Å². The van der Waals surface area contributed by atoms with Crippen molar-refractivity contribution in [3.63, 3.8) is 0 Å². The minimum atomic E-state index is -0.627.